The van der Waals surface area contributed by atoms with E-state index in [1.165, 1.54) is 0 Å². The molecule has 0 saturated carbocycles. The van der Waals surface area contributed by atoms with Crippen LogP contribution in [-0.4, -0.2) is 29.3 Å². The van der Waals surface area contributed by atoms with Gasteiger partial charge in [-0.1, -0.05) is 0 Å². The van der Waals surface area contributed by atoms with Crippen molar-refractivity contribution in [3.8, 4) is 0 Å². The van der Waals surface area contributed by atoms with Crippen LogP contribution in [0.25, 0.3) is 0 Å². The minimum atomic E-state index is -2.92. The summed E-state index contributed by atoms with van der Waals surface area (Å²) in [6, 6.07) is 0. The molecule has 18 heavy (non-hydrogen) atoms. The van der Waals surface area contributed by atoms with E-state index in [1.807, 2.05) is 0 Å². The Morgan fingerprint density at radius 3 is 0.278 bits per heavy atom. The van der Waals surface area contributed by atoms with Gasteiger partial charge in [-0.05, 0) is 0 Å². The fourth-order valence-corrected chi connectivity index (χ4v) is 0. The van der Waals surface area contributed by atoms with Crippen molar-refractivity contribution < 1.29 is 99.2 Å². The number of hydrogen-bond acceptors (Lipinski definition) is 12. The maximum atomic E-state index is 8.42. The molecule has 0 aliphatic carbocycles. The summed E-state index contributed by atoms with van der Waals surface area (Å²) >= 11 is 0. The fraction of sp³-hybridized carbons (Fsp3) is 0. The Balaban J connectivity index is -0.0000000257. The van der Waals surface area contributed by atoms with E-state index in [0.29, 0.717) is 0 Å². The van der Waals surface area contributed by atoms with Crippen molar-refractivity contribution in [3.05, 3.63) is 0 Å². The third kappa shape index (κ3) is 4150. The van der Waals surface area contributed by atoms with Gasteiger partial charge in [-0.3, -0.25) is 29.3 Å². The van der Waals surface area contributed by atoms with Crippen LogP contribution in [0.2, 0.25) is 0 Å². The molecule has 0 unspecified atom stereocenters. The molecule has 0 aliphatic rings. The molecule has 0 spiro atoms. The Morgan fingerprint density at radius 2 is 0.278 bits per heavy atom. The normalized spacial score (nSPS) is 6.00. The van der Waals surface area contributed by atoms with Crippen LogP contribution in [0.4, 0.5) is 0 Å². The zero-order chi connectivity index (χ0) is 14.3. The van der Waals surface area contributed by atoms with Gasteiger partial charge in [0.15, 0.2) is 0 Å². The van der Waals surface area contributed by atoms with Gasteiger partial charge >= 0.3 is 0 Å². The van der Waals surface area contributed by atoms with E-state index in [9.17, 15) is 0 Å². The van der Waals surface area contributed by atoms with Gasteiger partial charge in [0.05, 0.1) is 0 Å². The van der Waals surface area contributed by atoms with Crippen molar-refractivity contribution in [3.63, 3.8) is 0 Å². The second kappa shape index (κ2) is 30.8. The smallest absolute Gasteiger partial charge is 0 e. The second-order valence-electron chi connectivity index (χ2n) is 1.15. The molecule has 2 radical (unpaired) electrons. The van der Waals surface area contributed by atoms with Crippen LogP contribution in [0.5, 0.6) is 0 Å². The predicted octanol–water partition coefficient (Wildman–Crippen LogP) is -15.8. The van der Waals surface area contributed by atoms with Crippen LogP contribution in [0.3, 0.4) is 0 Å². The summed E-state index contributed by atoms with van der Waals surface area (Å²) in [5, 5.41) is 101. The first-order valence-electron chi connectivity index (χ1n) is 2.83. The Bertz CT molecular complexity index is 65.1. The van der Waals surface area contributed by atoms with Crippen molar-refractivity contribution in [2.75, 3.05) is 0 Å². The summed E-state index contributed by atoms with van der Waals surface area (Å²) in [6.07, 6.45) is 0. The molecule has 12 nitrogen and oxygen atoms in total. The van der Waals surface area contributed by atoms with E-state index < -0.39 is 29.3 Å². The summed E-state index contributed by atoms with van der Waals surface area (Å²) in [5.41, 5.74) is 0. The molecule has 18 heteroatoms. The van der Waals surface area contributed by atoms with Gasteiger partial charge in [-0.2, -0.15) is 0 Å². The molecule has 0 aromatic carbocycles. The third-order valence-electron chi connectivity index (χ3n) is 0. The number of hydrogen-bond donors (Lipinski definition) is 0. The molecule has 0 heterocycles. The Labute approximate surface area is 128 Å². The predicted molar refractivity (Wildman–Crippen MR) is 23.0 cm³/mol. The minimum Gasteiger partial charge on any atom is -0.907 e. The topological polar surface area (TPSA) is 277 Å². The van der Waals surface area contributed by atoms with Gasteiger partial charge in [-0.15, -0.1) is 0 Å². The second-order valence-corrected chi connectivity index (χ2v) is 1.15. The first-order chi connectivity index (χ1) is 6.93. The van der Waals surface area contributed by atoms with Crippen molar-refractivity contribution in [1.82, 2.24) is 0 Å². The molecule has 0 atom stereocenters. The summed E-state index contributed by atoms with van der Waals surface area (Å²) in [7, 11) is -11.7. The summed E-state index contributed by atoms with van der Waals surface area (Å²) in [6.45, 7) is 0. The molecular formula is B4O12Rh2-12. The third-order valence-corrected chi connectivity index (χ3v) is 0. The zero-order valence-corrected chi connectivity index (χ0v) is 11.2. The zero-order valence-electron chi connectivity index (χ0n) is 7.88. The average molecular weight is 441 g/mol. The van der Waals surface area contributed by atoms with Crippen molar-refractivity contribution in [2.45, 2.75) is 0 Å². The standard InChI is InChI=1S/4BO3.2Rh/c4*2-1(3)4;;/q4*-3;;. The molecular weight excluding hydrogens is 441 g/mol. The molecule has 0 aliphatic heterocycles. The van der Waals surface area contributed by atoms with Gasteiger partial charge in [-0.25, -0.2) is 0 Å². The Morgan fingerprint density at radius 1 is 0.278 bits per heavy atom. The van der Waals surface area contributed by atoms with Crippen LogP contribution in [-0.2, 0) is 39.0 Å². The molecule has 0 amide bonds. The molecule has 0 aromatic heterocycles. The van der Waals surface area contributed by atoms with Gasteiger partial charge in [0.2, 0.25) is 0 Å². The maximum Gasteiger partial charge on any atom is 0 e. The molecule has 0 saturated heterocycles. The van der Waals surface area contributed by atoms with Crippen LogP contribution in [0.15, 0.2) is 0 Å². The quantitative estimate of drug-likeness (QED) is 0.317. The van der Waals surface area contributed by atoms with Gasteiger partial charge in [0.1, 0.15) is 0 Å². The summed E-state index contributed by atoms with van der Waals surface area (Å²) in [4.78, 5) is 0. The van der Waals surface area contributed by atoms with Gasteiger partial charge in [0, 0.05) is 39.0 Å². The van der Waals surface area contributed by atoms with E-state index in [0.717, 1.165) is 0 Å². The molecule has 0 rings (SSSR count). The van der Waals surface area contributed by atoms with E-state index >= 15 is 0 Å². The SMILES string of the molecule is [O-]B([O-])[O-].[O-]B([O-])[O-].[O-]B([O-])[O-].[O-]B([O-])[O-].[Rh].[Rh]. The van der Waals surface area contributed by atoms with Gasteiger partial charge in [0.25, 0.3) is 0 Å². The Hall–Kier alpha value is 1.03. The average Bonchev–Trinajstić information content (AvgIpc) is 1.76. The number of rotatable bonds is 0. The Kier molecular flexibility index (Phi) is 62.3. The van der Waals surface area contributed by atoms with Crippen LogP contribution < -0.4 is 60.3 Å². The van der Waals surface area contributed by atoms with Gasteiger partial charge < -0.3 is 60.3 Å². The van der Waals surface area contributed by atoms with E-state index in [4.69, 9.17) is 60.3 Å². The molecule has 0 bridgehead atoms. The van der Waals surface area contributed by atoms with Crippen LogP contribution in [0, 0.1) is 0 Å². The summed E-state index contributed by atoms with van der Waals surface area (Å²) < 4.78 is 0. The summed E-state index contributed by atoms with van der Waals surface area (Å²) in [5.74, 6) is 0. The first kappa shape index (κ1) is 36.4. The maximum absolute atomic E-state index is 8.42. The molecule has 114 valence electrons. The van der Waals surface area contributed by atoms with Crippen molar-refractivity contribution in [1.29, 1.82) is 0 Å². The van der Waals surface area contributed by atoms with E-state index in [-0.39, 0.29) is 39.0 Å². The molecule has 0 N–H and O–H groups in total. The largest absolute Gasteiger partial charge is 0.907 e. The van der Waals surface area contributed by atoms with Crippen LogP contribution in [0.1, 0.15) is 0 Å². The van der Waals surface area contributed by atoms with Crippen molar-refractivity contribution in [2.24, 2.45) is 0 Å². The van der Waals surface area contributed by atoms with E-state index in [2.05, 4.69) is 0 Å². The minimum absolute atomic E-state index is 0. The van der Waals surface area contributed by atoms with Crippen molar-refractivity contribution >= 4 is 29.3 Å². The molecule has 0 fully saturated rings. The van der Waals surface area contributed by atoms with E-state index in [1.54, 1.807) is 0 Å². The fourth-order valence-electron chi connectivity index (χ4n) is 0. The first-order valence-corrected chi connectivity index (χ1v) is 2.83. The monoisotopic (exact) mass is 442 g/mol. The molecule has 0 aromatic rings. The van der Waals surface area contributed by atoms with Crippen LogP contribution >= 0.6 is 0 Å².